The van der Waals surface area contributed by atoms with Gasteiger partial charge < -0.3 is 15.4 Å². The van der Waals surface area contributed by atoms with Crippen LogP contribution in [0, 0.1) is 5.92 Å². The predicted molar refractivity (Wildman–Crippen MR) is 70.2 cm³/mol. The topological polar surface area (TPSA) is 46.2 Å². The smallest absolute Gasteiger partial charge is 0.0795 e. The van der Waals surface area contributed by atoms with Crippen LogP contribution in [0.5, 0.6) is 0 Å². The van der Waals surface area contributed by atoms with Gasteiger partial charge in [0.2, 0.25) is 0 Å². The molecule has 0 aromatic carbocycles. The van der Waals surface area contributed by atoms with Gasteiger partial charge in [-0.25, -0.2) is 4.98 Å². The van der Waals surface area contributed by atoms with Crippen LogP contribution >= 0.6 is 11.3 Å². The van der Waals surface area contributed by atoms with E-state index in [4.69, 9.17) is 4.74 Å². The molecule has 0 bridgehead atoms. The Morgan fingerprint density at radius 3 is 3.24 bits per heavy atom. The van der Waals surface area contributed by atoms with Gasteiger partial charge in [0.25, 0.3) is 0 Å². The molecule has 0 radical (unpaired) electrons. The lowest BCUT2D eigenvalue weighted by atomic mass is 10.0. The Morgan fingerprint density at radius 2 is 2.47 bits per heavy atom. The van der Waals surface area contributed by atoms with Gasteiger partial charge in [0, 0.05) is 30.4 Å². The first-order valence-electron chi connectivity index (χ1n) is 6.29. The maximum absolute atomic E-state index is 5.54. The van der Waals surface area contributed by atoms with Gasteiger partial charge in [-0.2, -0.15) is 0 Å². The summed E-state index contributed by atoms with van der Waals surface area (Å²) < 4.78 is 5.54. The quantitative estimate of drug-likeness (QED) is 0.770. The Balaban J connectivity index is 1.67. The number of nitrogens with zero attached hydrogens (tertiary/aromatic N) is 1. The zero-order chi connectivity index (χ0) is 11.9. The molecule has 0 spiro atoms. The summed E-state index contributed by atoms with van der Waals surface area (Å²) in [4.78, 5) is 4.26. The lowest BCUT2D eigenvalue weighted by Gasteiger charge is -2.19. The van der Waals surface area contributed by atoms with Crippen LogP contribution in [0.1, 0.15) is 19.0 Å². The largest absolute Gasteiger partial charge is 0.379 e. The molecule has 1 saturated heterocycles. The van der Waals surface area contributed by atoms with E-state index in [0.717, 1.165) is 38.5 Å². The van der Waals surface area contributed by atoms with Crippen molar-refractivity contribution in [2.75, 3.05) is 26.3 Å². The van der Waals surface area contributed by atoms with E-state index < -0.39 is 0 Å². The fourth-order valence-corrected chi connectivity index (χ4v) is 2.62. The minimum absolute atomic E-state index is 0.512. The molecule has 1 aliphatic rings. The SMILES string of the molecule is CCCNC1COCC1CNCc1cscn1. The number of hydrogen-bond acceptors (Lipinski definition) is 5. The molecule has 1 aromatic rings. The average molecular weight is 255 g/mol. The summed E-state index contributed by atoms with van der Waals surface area (Å²) in [6, 6.07) is 0.512. The van der Waals surface area contributed by atoms with Gasteiger partial charge in [-0.1, -0.05) is 6.92 Å². The summed E-state index contributed by atoms with van der Waals surface area (Å²) in [5.74, 6) is 0.584. The molecule has 1 fully saturated rings. The zero-order valence-corrected chi connectivity index (χ0v) is 11.1. The number of aromatic nitrogens is 1. The van der Waals surface area contributed by atoms with Crippen molar-refractivity contribution in [1.29, 1.82) is 0 Å². The maximum Gasteiger partial charge on any atom is 0.0795 e. The van der Waals surface area contributed by atoms with Crippen LogP contribution < -0.4 is 10.6 Å². The Labute approximate surface area is 107 Å². The summed E-state index contributed by atoms with van der Waals surface area (Å²) in [7, 11) is 0. The fraction of sp³-hybridized carbons (Fsp3) is 0.750. The van der Waals surface area contributed by atoms with Crippen molar-refractivity contribution in [3.8, 4) is 0 Å². The molecular weight excluding hydrogens is 234 g/mol. The van der Waals surface area contributed by atoms with Crippen molar-refractivity contribution in [3.63, 3.8) is 0 Å². The minimum atomic E-state index is 0.512. The first kappa shape index (κ1) is 13.0. The summed E-state index contributed by atoms with van der Waals surface area (Å²) in [5, 5.41) is 9.10. The normalized spacial score (nSPS) is 24.3. The maximum atomic E-state index is 5.54. The van der Waals surface area contributed by atoms with E-state index in [1.807, 2.05) is 5.51 Å². The molecule has 1 aromatic heterocycles. The van der Waals surface area contributed by atoms with Gasteiger partial charge in [0.15, 0.2) is 0 Å². The van der Waals surface area contributed by atoms with Gasteiger partial charge in [-0.15, -0.1) is 11.3 Å². The Hall–Kier alpha value is -0.490. The molecule has 2 N–H and O–H groups in total. The molecular formula is C12H21N3OS. The van der Waals surface area contributed by atoms with Gasteiger partial charge in [-0.3, -0.25) is 0 Å². The van der Waals surface area contributed by atoms with Crippen LogP contribution in [0.2, 0.25) is 0 Å². The van der Waals surface area contributed by atoms with Crippen LogP contribution in [0.15, 0.2) is 10.9 Å². The van der Waals surface area contributed by atoms with E-state index in [9.17, 15) is 0 Å². The number of thiazole rings is 1. The van der Waals surface area contributed by atoms with Gasteiger partial charge in [0.05, 0.1) is 24.4 Å². The van der Waals surface area contributed by atoms with Crippen molar-refractivity contribution in [3.05, 3.63) is 16.6 Å². The Morgan fingerprint density at radius 1 is 1.53 bits per heavy atom. The minimum Gasteiger partial charge on any atom is -0.379 e. The monoisotopic (exact) mass is 255 g/mol. The van der Waals surface area contributed by atoms with Crippen LogP contribution in [0.25, 0.3) is 0 Å². The predicted octanol–water partition coefficient (Wildman–Crippen LogP) is 1.25. The Kier molecular flexibility index (Phi) is 5.38. The van der Waals surface area contributed by atoms with Crippen LogP contribution in [-0.2, 0) is 11.3 Å². The number of hydrogen-bond donors (Lipinski definition) is 2. The van der Waals surface area contributed by atoms with Crippen molar-refractivity contribution < 1.29 is 4.74 Å². The first-order valence-corrected chi connectivity index (χ1v) is 7.23. The second kappa shape index (κ2) is 7.06. The van der Waals surface area contributed by atoms with Crippen molar-refractivity contribution in [1.82, 2.24) is 15.6 Å². The van der Waals surface area contributed by atoms with E-state index in [-0.39, 0.29) is 0 Å². The highest BCUT2D eigenvalue weighted by Crippen LogP contribution is 2.13. The molecule has 2 unspecified atom stereocenters. The van der Waals surface area contributed by atoms with E-state index in [2.05, 4.69) is 27.9 Å². The fourth-order valence-electron chi connectivity index (χ4n) is 2.07. The highest BCUT2D eigenvalue weighted by atomic mass is 32.1. The van der Waals surface area contributed by atoms with Crippen LogP contribution in [0.4, 0.5) is 0 Å². The standard InChI is InChI=1S/C12H21N3OS/c1-2-3-14-12-7-16-6-10(12)4-13-5-11-8-17-9-15-11/h8-10,12-14H,2-7H2,1H3. The lowest BCUT2D eigenvalue weighted by molar-refractivity contribution is 0.182. The number of rotatable bonds is 7. The molecule has 17 heavy (non-hydrogen) atoms. The molecule has 96 valence electrons. The lowest BCUT2D eigenvalue weighted by Crippen LogP contribution is -2.40. The third-order valence-corrected chi connectivity index (χ3v) is 3.69. The van der Waals surface area contributed by atoms with Gasteiger partial charge in [0.1, 0.15) is 0 Å². The third-order valence-electron chi connectivity index (χ3n) is 3.05. The highest BCUT2D eigenvalue weighted by molar-refractivity contribution is 7.07. The van der Waals surface area contributed by atoms with E-state index >= 15 is 0 Å². The van der Waals surface area contributed by atoms with E-state index in [1.165, 1.54) is 6.42 Å². The molecule has 1 aliphatic heterocycles. The molecule has 4 nitrogen and oxygen atoms in total. The molecule has 2 rings (SSSR count). The van der Waals surface area contributed by atoms with Gasteiger partial charge >= 0.3 is 0 Å². The summed E-state index contributed by atoms with van der Waals surface area (Å²) in [6.45, 7) is 6.85. The molecule has 2 heterocycles. The highest BCUT2D eigenvalue weighted by Gasteiger charge is 2.26. The number of nitrogens with one attached hydrogen (secondary N) is 2. The van der Waals surface area contributed by atoms with Gasteiger partial charge in [-0.05, 0) is 13.0 Å². The average Bonchev–Trinajstić information content (AvgIpc) is 2.98. The molecule has 0 aliphatic carbocycles. The second-order valence-corrected chi connectivity index (χ2v) is 5.19. The summed E-state index contributed by atoms with van der Waals surface area (Å²) in [5.41, 5.74) is 3.01. The first-order chi connectivity index (χ1) is 8.40. The van der Waals surface area contributed by atoms with Crippen LogP contribution in [0.3, 0.4) is 0 Å². The van der Waals surface area contributed by atoms with Crippen molar-refractivity contribution in [2.45, 2.75) is 25.9 Å². The molecule has 0 amide bonds. The zero-order valence-electron chi connectivity index (χ0n) is 10.3. The van der Waals surface area contributed by atoms with Crippen molar-refractivity contribution >= 4 is 11.3 Å². The van der Waals surface area contributed by atoms with E-state index in [0.29, 0.717) is 12.0 Å². The Bertz CT molecular complexity index is 305. The molecule has 0 saturated carbocycles. The van der Waals surface area contributed by atoms with Crippen LogP contribution in [-0.4, -0.2) is 37.3 Å². The van der Waals surface area contributed by atoms with E-state index in [1.54, 1.807) is 11.3 Å². The van der Waals surface area contributed by atoms with Crippen molar-refractivity contribution in [2.24, 2.45) is 5.92 Å². The second-order valence-electron chi connectivity index (χ2n) is 4.47. The number of ether oxygens (including phenoxy) is 1. The summed E-state index contributed by atoms with van der Waals surface area (Å²) in [6.07, 6.45) is 1.18. The summed E-state index contributed by atoms with van der Waals surface area (Å²) >= 11 is 1.65. The third kappa shape index (κ3) is 4.03. The molecule has 5 heteroatoms. The molecule has 2 atom stereocenters.